The Labute approximate surface area is 176 Å². The largest absolute Gasteiger partial charge is 0.490 e. The Balaban J connectivity index is 2.13. The van der Waals surface area contributed by atoms with Gasteiger partial charge in [0, 0.05) is 6.07 Å². The van der Waals surface area contributed by atoms with Crippen LogP contribution in [0, 0.1) is 16.0 Å². The van der Waals surface area contributed by atoms with Crippen LogP contribution in [-0.2, 0) is 4.79 Å². The van der Waals surface area contributed by atoms with Gasteiger partial charge in [-0.1, -0.05) is 32.0 Å². The van der Waals surface area contributed by atoms with Gasteiger partial charge < -0.3 is 20.1 Å². The van der Waals surface area contributed by atoms with Gasteiger partial charge >= 0.3 is 0 Å². The van der Waals surface area contributed by atoms with Gasteiger partial charge in [-0.3, -0.25) is 14.9 Å². The molecule has 0 saturated carbocycles. The average Bonchev–Trinajstić information content (AvgIpc) is 2.72. The van der Waals surface area contributed by atoms with Crippen molar-refractivity contribution in [2.45, 2.75) is 33.7 Å². The van der Waals surface area contributed by atoms with Gasteiger partial charge in [-0.05, 0) is 43.5 Å². The van der Waals surface area contributed by atoms with Crippen molar-refractivity contribution in [1.82, 2.24) is 5.32 Å². The van der Waals surface area contributed by atoms with E-state index in [1.165, 1.54) is 6.07 Å². The molecule has 1 unspecified atom stereocenters. The Hall–Kier alpha value is -3.29. The van der Waals surface area contributed by atoms with E-state index in [0.717, 1.165) is 5.56 Å². The van der Waals surface area contributed by atoms with Crippen molar-refractivity contribution in [2.75, 3.05) is 25.1 Å². The van der Waals surface area contributed by atoms with E-state index in [0.29, 0.717) is 30.4 Å². The minimum Gasteiger partial charge on any atom is -0.490 e. The lowest BCUT2D eigenvalue weighted by Crippen LogP contribution is -2.35. The van der Waals surface area contributed by atoms with Crippen molar-refractivity contribution in [1.29, 1.82) is 0 Å². The highest BCUT2D eigenvalue weighted by molar-refractivity contribution is 5.82. The van der Waals surface area contributed by atoms with Gasteiger partial charge in [0.1, 0.15) is 5.69 Å². The summed E-state index contributed by atoms with van der Waals surface area (Å²) in [4.78, 5) is 23.2. The number of carbonyl (C=O) groups excluding carboxylic acids is 1. The molecular weight excluding hydrogens is 386 g/mol. The molecule has 0 aliphatic rings. The molecule has 8 nitrogen and oxygen atoms in total. The number of benzene rings is 2. The molecule has 2 N–H and O–H groups in total. The molecular formula is C22H29N3O5. The summed E-state index contributed by atoms with van der Waals surface area (Å²) >= 11 is 0. The minimum absolute atomic E-state index is 0.0708. The van der Waals surface area contributed by atoms with E-state index in [-0.39, 0.29) is 30.1 Å². The highest BCUT2D eigenvalue weighted by Crippen LogP contribution is 2.33. The van der Waals surface area contributed by atoms with Crippen LogP contribution < -0.4 is 20.1 Å². The van der Waals surface area contributed by atoms with Crippen LogP contribution >= 0.6 is 0 Å². The summed E-state index contributed by atoms with van der Waals surface area (Å²) in [6.45, 7) is 8.78. The van der Waals surface area contributed by atoms with Gasteiger partial charge in [0.05, 0.1) is 30.7 Å². The molecule has 162 valence electrons. The number of rotatable bonds is 11. The molecule has 0 aliphatic heterocycles. The molecule has 2 aromatic carbocycles. The molecule has 0 saturated heterocycles. The predicted octanol–water partition coefficient (Wildman–Crippen LogP) is 4.32. The lowest BCUT2D eigenvalue weighted by Gasteiger charge is -2.24. The Kier molecular flexibility index (Phi) is 8.46. The van der Waals surface area contributed by atoms with Gasteiger partial charge in [-0.2, -0.15) is 0 Å². The summed E-state index contributed by atoms with van der Waals surface area (Å²) in [6, 6.07) is 11.6. The van der Waals surface area contributed by atoms with E-state index in [1.807, 2.05) is 45.9 Å². The van der Waals surface area contributed by atoms with Crippen LogP contribution in [0.25, 0.3) is 0 Å². The summed E-state index contributed by atoms with van der Waals surface area (Å²) in [5.74, 6) is 1.15. The second-order valence-electron chi connectivity index (χ2n) is 6.99. The van der Waals surface area contributed by atoms with E-state index >= 15 is 0 Å². The smallest absolute Gasteiger partial charge is 0.292 e. The second kappa shape index (κ2) is 11.0. The van der Waals surface area contributed by atoms with Crippen LogP contribution in [0.2, 0.25) is 0 Å². The predicted molar refractivity (Wildman–Crippen MR) is 116 cm³/mol. The van der Waals surface area contributed by atoms with Crippen molar-refractivity contribution in [3.63, 3.8) is 0 Å². The van der Waals surface area contributed by atoms with Crippen LogP contribution in [0.15, 0.2) is 42.5 Å². The highest BCUT2D eigenvalue weighted by atomic mass is 16.6. The summed E-state index contributed by atoms with van der Waals surface area (Å²) < 4.78 is 11.3. The SMILES string of the molecule is CCOc1ccc(C(NC(=O)CNc2ccccc2[N+](=O)[O-])C(C)C)cc1OCC. The molecule has 0 radical (unpaired) electrons. The quantitative estimate of drug-likeness (QED) is 0.419. The van der Waals surface area contributed by atoms with Crippen LogP contribution in [-0.4, -0.2) is 30.6 Å². The number of hydrogen-bond acceptors (Lipinski definition) is 6. The summed E-state index contributed by atoms with van der Waals surface area (Å²) in [7, 11) is 0. The van der Waals surface area contributed by atoms with Crippen molar-refractivity contribution in [3.05, 3.63) is 58.1 Å². The molecule has 30 heavy (non-hydrogen) atoms. The number of nitro groups is 1. The number of anilines is 1. The van der Waals surface area contributed by atoms with E-state index in [2.05, 4.69) is 10.6 Å². The van der Waals surface area contributed by atoms with Crippen molar-refractivity contribution >= 4 is 17.3 Å². The van der Waals surface area contributed by atoms with Gasteiger partial charge in [0.2, 0.25) is 5.91 Å². The number of amides is 1. The summed E-state index contributed by atoms with van der Waals surface area (Å²) in [5.41, 5.74) is 1.13. The van der Waals surface area contributed by atoms with E-state index < -0.39 is 4.92 Å². The molecule has 1 atom stereocenters. The first-order valence-electron chi connectivity index (χ1n) is 10.0. The normalized spacial score (nSPS) is 11.6. The number of para-hydroxylation sites is 2. The molecule has 0 aromatic heterocycles. The Morgan fingerprint density at radius 2 is 1.73 bits per heavy atom. The molecule has 0 aliphatic carbocycles. The van der Waals surface area contributed by atoms with Crippen molar-refractivity contribution in [3.8, 4) is 11.5 Å². The first-order valence-corrected chi connectivity index (χ1v) is 10.0. The first kappa shape index (κ1) is 23.0. The zero-order valence-electron chi connectivity index (χ0n) is 17.8. The third-order valence-electron chi connectivity index (χ3n) is 4.45. The topological polar surface area (TPSA) is 103 Å². The zero-order valence-corrected chi connectivity index (χ0v) is 17.8. The third kappa shape index (κ3) is 6.10. The third-order valence-corrected chi connectivity index (χ3v) is 4.45. The standard InChI is InChI=1S/C22H29N3O5/c1-5-29-19-12-11-16(13-20(19)30-6-2)22(15(3)4)24-21(26)14-23-17-9-7-8-10-18(17)25(27)28/h7-13,15,22-23H,5-6,14H2,1-4H3,(H,24,26). The van der Waals surface area contributed by atoms with Crippen LogP contribution in [0.4, 0.5) is 11.4 Å². The maximum absolute atomic E-state index is 12.6. The van der Waals surface area contributed by atoms with Gasteiger partial charge in [0.25, 0.3) is 5.69 Å². The molecule has 2 aromatic rings. The van der Waals surface area contributed by atoms with E-state index in [4.69, 9.17) is 9.47 Å². The first-order chi connectivity index (χ1) is 14.4. The maximum atomic E-state index is 12.6. The number of hydrogen-bond donors (Lipinski definition) is 2. The lowest BCUT2D eigenvalue weighted by atomic mass is 9.95. The molecule has 0 fully saturated rings. The van der Waals surface area contributed by atoms with Crippen LogP contribution in [0.3, 0.4) is 0 Å². The Bertz CT molecular complexity index is 870. The van der Waals surface area contributed by atoms with E-state index in [1.54, 1.807) is 18.2 Å². The fraction of sp³-hybridized carbons (Fsp3) is 0.409. The lowest BCUT2D eigenvalue weighted by molar-refractivity contribution is -0.383. The summed E-state index contributed by atoms with van der Waals surface area (Å²) in [6.07, 6.45) is 0. The molecule has 0 spiro atoms. The second-order valence-corrected chi connectivity index (χ2v) is 6.99. The Morgan fingerprint density at radius 1 is 1.07 bits per heavy atom. The van der Waals surface area contributed by atoms with Gasteiger partial charge in [0.15, 0.2) is 11.5 Å². The molecule has 0 bridgehead atoms. The fourth-order valence-corrected chi connectivity index (χ4v) is 3.08. The van der Waals surface area contributed by atoms with Gasteiger partial charge in [-0.15, -0.1) is 0 Å². The number of carbonyl (C=O) groups is 1. The number of nitrogens with one attached hydrogen (secondary N) is 2. The average molecular weight is 415 g/mol. The molecule has 1 amide bonds. The van der Waals surface area contributed by atoms with Crippen LogP contribution in [0.1, 0.15) is 39.3 Å². The monoisotopic (exact) mass is 415 g/mol. The molecule has 8 heteroatoms. The number of nitrogens with zero attached hydrogens (tertiary/aromatic N) is 1. The zero-order chi connectivity index (χ0) is 22.1. The van der Waals surface area contributed by atoms with E-state index in [9.17, 15) is 14.9 Å². The number of nitro benzene ring substituents is 1. The van der Waals surface area contributed by atoms with Gasteiger partial charge in [-0.25, -0.2) is 0 Å². The molecule has 0 heterocycles. The highest BCUT2D eigenvalue weighted by Gasteiger charge is 2.21. The maximum Gasteiger partial charge on any atom is 0.292 e. The van der Waals surface area contributed by atoms with Crippen molar-refractivity contribution < 1.29 is 19.2 Å². The molecule has 2 rings (SSSR count). The minimum atomic E-state index is -0.480. The van der Waals surface area contributed by atoms with Crippen molar-refractivity contribution in [2.24, 2.45) is 5.92 Å². The summed E-state index contributed by atoms with van der Waals surface area (Å²) in [5, 5.41) is 17.0. The number of ether oxygens (including phenoxy) is 2. The fourth-order valence-electron chi connectivity index (χ4n) is 3.08. The van der Waals surface area contributed by atoms with Crippen LogP contribution in [0.5, 0.6) is 11.5 Å². The Morgan fingerprint density at radius 3 is 2.37 bits per heavy atom.